The Balaban J connectivity index is 1.85. The van der Waals surface area contributed by atoms with Crippen LogP contribution in [-0.4, -0.2) is 17.1 Å². The molecule has 0 aliphatic heterocycles. The number of aromatic nitrogens is 1. The smallest absolute Gasteiger partial charge is 0.214 e. The number of rotatable bonds is 2. The summed E-state index contributed by atoms with van der Waals surface area (Å²) >= 11 is 0. The lowest BCUT2D eigenvalue weighted by molar-refractivity contribution is 0.184. The molecule has 0 bridgehead atoms. The van der Waals surface area contributed by atoms with E-state index in [1.807, 2.05) is 36.4 Å². The number of para-hydroxylation sites is 1. The summed E-state index contributed by atoms with van der Waals surface area (Å²) in [6.07, 6.45) is 3.37. The third kappa shape index (κ3) is 2.11. The number of benzene rings is 1. The Hall–Kier alpha value is -1.61. The number of hydrogen-bond donors (Lipinski definition) is 1. The fraction of sp³-hybridized carbons (Fsp3) is 0.357. The highest BCUT2D eigenvalue weighted by molar-refractivity contribution is 5.78. The van der Waals surface area contributed by atoms with Crippen molar-refractivity contribution in [2.45, 2.75) is 31.4 Å². The molecule has 2 aromatic rings. The lowest BCUT2D eigenvalue weighted by atomic mass is 10.2. The first kappa shape index (κ1) is 10.5. The van der Waals surface area contributed by atoms with Gasteiger partial charge in [0, 0.05) is 17.5 Å². The number of nitrogens with two attached hydrogens (primary N) is 1. The van der Waals surface area contributed by atoms with E-state index in [2.05, 4.69) is 4.98 Å². The van der Waals surface area contributed by atoms with Crippen LogP contribution in [0.3, 0.4) is 0 Å². The molecule has 0 radical (unpaired) electrons. The van der Waals surface area contributed by atoms with Gasteiger partial charge in [0.25, 0.3) is 0 Å². The van der Waals surface area contributed by atoms with Crippen molar-refractivity contribution in [3.63, 3.8) is 0 Å². The summed E-state index contributed by atoms with van der Waals surface area (Å²) in [5.74, 6) is 0.686. The van der Waals surface area contributed by atoms with Crippen molar-refractivity contribution < 1.29 is 4.74 Å². The first-order chi connectivity index (χ1) is 8.33. The molecule has 1 aromatic carbocycles. The van der Waals surface area contributed by atoms with E-state index >= 15 is 0 Å². The van der Waals surface area contributed by atoms with Crippen LogP contribution in [0.1, 0.15) is 19.3 Å². The second kappa shape index (κ2) is 4.34. The van der Waals surface area contributed by atoms with Gasteiger partial charge in [-0.05, 0) is 31.4 Å². The second-order valence-electron chi connectivity index (χ2n) is 4.59. The highest BCUT2D eigenvalue weighted by Gasteiger charge is 2.25. The zero-order chi connectivity index (χ0) is 11.7. The van der Waals surface area contributed by atoms with Crippen LogP contribution < -0.4 is 10.5 Å². The molecule has 1 aliphatic carbocycles. The summed E-state index contributed by atoms with van der Waals surface area (Å²) in [6, 6.07) is 12.2. The molecule has 0 spiro atoms. The first-order valence-electron chi connectivity index (χ1n) is 6.11. The molecule has 2 atom stereocenters. The number of pyridine rings is 1. The first-order valence-corrected chi connectivity index (χ1v) is 6.11. The van der Waals surface area contributed by atoms with Crippen molar-refractivity contribution >= 4 is 10.9 Å². The molecule has 2 N–H and O–H groups in total. The molecule has 17 heavy (non-hydrogen) atoms. The van der Waals surface area contributed by atoms with Crippen molar-refractivity contribution in [1.29, 1.82) is 0 Å². The van der Waals surface area contributed by atoms with Crippen LogP contribution in [0.2, 0.25) is 0 Å². The molecule has 0 saturated heterocycles. The van der Waals surface area contributed by atoms with Crippen LogP contribution in [0.25, 0.3) is 10.9 Å². The van der Waals surface area contributed by atoms with Crippen molar-refractivity contribution in [2.24, 2.45) is 5.73 Å². The van der Waals surface area contributed by atoms with Crippen LogP contribution in [0.5, 0.6) is 5.88 Å². The van der Waals surface area contributed by atoms with Gasteiger partial charge >= 0.3 is 0 Å². The predicted molar refractivity (Wildman–Crippen MR) is 68.0 cm³/mol. The Labute approximate surface area is 101 Å². The molecule has 2 unspecified atom stereocenters. The monoisotopic (exact) mass is 228 g/mol. The molecule has 1 fully saturated rings. The van der Waals surface area contributed by atoms with E-state index in [1.165, 1.54) is 0 Å². The maximum atomic E-state index is 5.99. The largest absolute Gasteiger partial charge is 0.473 e. The molecule has 88 valence electrons. The van der Waals surface area contributed by atoms with E-state index in [-0.39, 0.29) is 12.1 Å². The van der Waals surface area contributed by atoms with Gasteiger partial charge in [-0.3, -0.25) is 0 Å². The van der Waals surface area contributed by atoms with Crippen molar-refractivity contribution in [2.75, 3.05) is 0 Å². The van der Waals surface area contributed by atoms with Crippen LogP contribution in [0, 0.1) is 0 Å². The molecular weight excluding hydrogens is 212 g/mol. The number of nitrogens with zero attached hydrogens (tertiary/aromatic N) is 1. The predicted octanol–water partition coefficient (Wildman–Crippen LogP) is 2.49. The Bertz CT molecular complexity index is 526. The number of hydrogen-bond acceptors (Lipinski definition) is 3. The topological polar surface area (TPSA) is 48.1 Å². The Morgan fingerprint density at radius 2 is 2.00 bits per heavy atom. The van der Waals surface area contributed by atoms with Gasteiger partial charge < -0.3 is 10.5 Å². The molecule has 3 nitrogen and oxygen atoms in total. The Morgan fingerprint density at radius 3 is 2.82 bits per heavy atom. The standard InChI is InChI=1S/C14H16N2O/c15-11-5-3-7-13(11)17-14-9-8-10-4-1-2-6-12(10)16-14/h1-2,4,6,8-9,11,13H,3,5,7,15H2. The van der Waals surface area contributed by atoms with Gasteiger partial charge in [-0.15, -0.1) is 0 Å². The van der Waals surface area contributed by atoms with Crippen LogP contribution >= 0.6 is 0 Å². The average Bonchev–Trinajstić information content (AvgIpc) is 2.75. The van der Waals surface area contributed by atoms with Crippen molar-refractivity contribution in [3.05, 3.63) is 36.4 Å². The summed E-state index contributed by atoms with van der Waals surface area (Å²) in [4.78, 5) is 4.50. The lowest BCUT2D eigenvalue weighted by Crippen LogP contribution is -2.33. The third-order valence-electron chi connectivity index (χ3n) is 3.35. The minimum atomic E-state index is 0.128. The van der Waals surface area contributed by atoms with Gasteiger partial charge in [0.1, 0.15) is 6.10 Å². The second-order valence-corrected chi connectivity index (χ2v) is 4.59. The van der Waals surface area contributed by atoms with E-state index in [0.717, 1.165) is 30.2 Å². The summed E-state index contributed by atoms with van der Waals surface area (Å²) in [7, 11) is 0. The Kier molecular flexibility index (Phi) is 2.69. The van der Waals surface area contributed by atoms with Gasteiger partial charge in [-0.1, -0.05) is 18.2 Å². The lowest BCUT2D eigenvalue weighted by Gasteiger charge is -2.17. The number of ether oxygens (including phenoxy) is 1. The molecular formula is C14H16N2O. The maximum Gasteiger partial charge on any atom is 0.214 e. The molecule has 1 heterocycles. The van der Waals surface area contributed by atoms with Gasteiger partial charge in [-0.2, -0.15) is 0 Å². The van der Waals surface area contributed by atoms with E-state index in [9.17, 15) is 0 Å². The SMILES string of the molecule is NC1CCCC1Oc1ccc2ccccc2n1. The highest BCUT2D eigenvalue weighted by Crippen LogP contribution is 2.23. The summed E-state index contributed by atoms with van der Waals surface area (Å²) in [5.41, 5.74) is 6.96. The molecule has 1 aliphatic rings. The minimum Gasteiger partial charge on any atom is -0.473 e. The summed E-state index contributed by atoms with van der Waals surface area (Å²) in [5, 5.41) is 1.13. The summed E-state index contributed by atoms with van der Waals surface area (Å²) in [6.45, 7) is 0. The molecule has 1 saturated carbocycles. The van der Waals surface area contributed by atoms with Crippen LogP contribution in [0.15, 0.2) is 36.4 Å². The summed E-state index contributed by atoms with van der Waals surface area (Å²) < 4.78 is 5.86. The van der Waals surface area contributed by atoms with Gasteiger partial charge in [0.2, 0.25) is 5.88 Å². The number of fused-ring (bicyclic) bond motifs is 1. The fourth-order valence-corrected chi connectivity index (χ4v) is 2.37. The zero-order valence-corrected chi connectivity index (χ0v) is 9.67. The van der Waals surface area contributed by atoms with Crippen molar-refractivity contribution in [1.82, 2.24) is 4.98 Å². The molecule has 1 aromatic heterocycles. The van der Waals surface area contributed by atoms with E-state index < -0.39 is 0 Å². The van der Waals surface area contributed by atoms with Gasteiger partial charge in [-0.25, -0.2) is 4.98 Å². The third-order valence-corrected chi connectivity index (χ3v) is 3.35. The van der Waals surface area contributed by atoms with Gasteiger partial charge in [0.05, 0.1) is 5.52 Å². The maximum absolute atomic E-state index is 5.99. The fourth-order valence-electron chi connectivity index (χ4n) is 2.37. The average molecular weight is 228 g/mol. The molecule has 3 heteroatoms. The van der Waals surface area contributed by atoms with Crippen LogP contribution in [-0.2, 0) is 0 Å². The van der Waals surface area contributed by atoms with Crippen molar-refractivity contribution in [3.8, 4) is 5.88 Å². The normalized spacial score (nSPS) is 24.1. The zero-order valence-electron chi connectivity index (χ0n) is 9.67. The van der Waals surface area contributed by atoms with Crippen LogP contribution in [0.4, 0.5) is 0 Å². The molecule has 0 amide bonds. The van der Waals surface area contributed by atoms with E-state index in [4.69, 9.17) is 10.5 Å². The van der Waals surface area contributed by atoms with E-state index in [0.29, 0.717) is 5.88 Å². The highest BCUT2D eigenvalue weighted by atomic mass is 16.5. The Morgan fingerprint density at radius 1 is 1.12 bits per heavy atom. The molecule has 3 rings (SSSR count). The van der Waals surface area contributed by atoms with E-state index in [1.54, 1.807) is 0 Å². The van der Waals surface area contributed by atoms with Gasteiger partial charge in [0.15, 0.2) is 0 Å². The quantitative estimate of drug-likeness (QED) is 0.859. The minimum absolute atomic E-state index is 0.128.